The van der Waals surface area contributed by atoms with Crippen molar-refractivity contribution >= 4 is 11.7 Å². The summed E-state index contributed by atoms with van der Waals surface area (Å²) < 4.78 is 0. The molecule has 3 fully saturated rings. The van der Waals surface area contributed by atoms with E-state index < -0.39 is 0 Å². The van der Waals surface area contributed by atoms with Crippen LogP contribution in [0.3, 0.4) is 0 Å². The van der Waals surface area contributed by atoms with Gasteiger partial charge >= 0.3 is 0 Å². The lowest BCUT2D eigenvalue weighted by atomic mass is 10.0. The molecule has 0 saturated carbocycles. The van der Waals surface area contributed by atoms with E-state index in [0.29, 0.717) is 17.7 Å². The van der Waals surface area contributed by atoms with Crippen LogP contribution in [0.4, 0.5) is 5.82 Å². The largest absolute Gasteiger partial charge is 0.355 e. The van der Waals surface area contributed by atoms with E-state index >= 15 is 0 Å². The van der Waals surface area contributed by atoms with Gasteiger partial charge in [-0.2, -0.15) is 0 Å². The van der Waals surface area contributed by atoms with Gasteiger partial charge in [-0.25, -0.2) is 0 Å². The van der Waals surface area contributed by atoms with Crippen molar-refractivity contribution in [1.82, 2.24) is 20.0 Å². The Labute approximate surface area is 166 Å². The molecule has 0 aliphatic carbocycles. The number of nitrogens with zero attached hydrogens (tertiary/aromatic N) is 5. The zero-order valence-corrected chi connectivity index (χ0v) is 16.2. The van der Waals surface area contributed by atoms with Crippen LogP contribution in [-0.4, -0.2) is 64.7 Å². The number of hydrogen-bond acceptors (Lipinski definition) is 5. The van der Waals surface area contributed by atoms with Crippen molar-refractivity contribution in [2.45, 2.75) is 31.8 Å². The molecule has 1 aromatic heterocycles. The summed E-state index contributed by atoms with van der Waals surface area (Å²) in [6, 6.07) is 14.9. The first-order chi connectivity index (χ1) is 13.8. The molecule has 3 aliphatic heterocycles. The van der Waals surface area contributed by atoms with Gasteiger partial charge in [0.2, 0.25) is 0 Å². The van der Waals surface area contributed by atoms with Gasteiger partial charge in [0.05, 0.1) is 0 Å². The van der Waals surface area contributed by atoms with Crippen molar-refractivity contribution in [3.05, 3.63) is 53.7 Å². The molecule has 28 heavy (non-hydrogen) atoms. The van der Waals surface area contributed by atoms with Crippen molar-refractivity contribution in [1.29, 1.82) is 0 Å². The average Bonchev–Trinajstić information content (AvgIpc) is 3.47. The predicted octanol–water partition coefficient (Wildman–Crippen LogP) is 2.42. The SMILES string of the molecule is O=C(c1ccc(N2CCCC2)nn1)N1C[C@@H]2CCN(Cc3ccccc3)[C@@H]2C1. The van der Waals surface area contributed by atoms with Gasteiger partial charge in [-0.1, -0.05) is 30.3 Å². The third-order valence-electron chi connectivity index (χ3n) is 6.48. The van der Waals surface area contributed by atoms with Crippen LogP contribution >= 0.6 is 0 Å². The summed E-state index contributed by atoms with van der Waals surface area (Å²) in [5.74, 6) is 1.49. The second-order valence-electron chi connectivity index (χ2n) is 8.25. The number of likely N-dealkylation sites (tertiary alicyclic amines) is 2. The quantitative estimate of drug-likeness (QED) is 0.819. The third-order valence-corrected chi connectivity index (χ3v) is 6.48. The molecule has 1 amide bonds. The minimum atomic E-state index is 0.0227. The fraction of sp³-hybridized carbons (Fsp3) is 0.500. The van der Waals surface area contributed by atoms with E-state index in [9.17, 15) is 4.79 Å². The number of benzene rings is 1. The topological polar surface area (TPSA) is 52.6 Å². The molecule has 0 unspecified atom stereocenters. The minimum Gasteiger partial charge on any atom is -0.355 e. The fourth-order valence-electron chi connectivity index (χ4n) is 4.95. The summed E-state index contributed by atoms with van der Waals surface area (Å²) in [4.78, 5) is 19.7. The monoisotopic (exact) mass is 377 g/mol. The molecule has 0 radical (unpaired) electrons. The lowest BCUT2D eigenvalue weighted by Crippen LogP contribution is -2.37. The zero-order chi connectivity index (χ0) is 18.9. The van der Waals surface area contributed by atoms with Gasteiger partial charge in [-0.15, -0.1) is 10.2 Å². The van der Waals surface area contributed by atoms with Crippen LogP contribution in [-0.2, 0) is 6.54 Å². The summed E-state index contributed by atoms with van der Waals surface area (Å²) in [5, 5.41) is 8.57. The summed E-state index contributed by atoms with van der Waals surface area (Å²) in [5.41, 5.74) is 1.81. The number of carbonyl (C=O) groups excluding carboxylic acids is 1. The Morgan fingerprint density at radius 1 is 0.964 bits per heavy atom. The first-order valence-electron chi connectivity index (χ1n) is 10.4. The highest BCUT2D eigenvalue weighted by molar-refractivity contribution is 5.92. The normalized spacial score (nSPS) is 24.7. The lowest BCUT2D eigenvalue weighted by Gasteiger charge is -2.24. The van der Waals surface area contributed by atoms with E-state index in [2.05, 4.69) is 50.3 Å². The molecule has 6 heteroatoms. The fourth-order valence-corrected chi connectivity index (χ4v) is 4.95. The molecule has 1 aromatic carbocycles. The number of amides is 1. The molecule has 4 heterocycles. The van der Waals surface area contributed by atoms with E-state index in [0.717, 1.165) is 45.1 Å². The highest BCUT2D eigenvalue weighted by Crippen LogP contribution is 2.33. The first kappa shape index (κ1) is 17.6. The maximum absolute atomic E-state index is 13.0. The Hall–Kier alpha value is -2.47. The molecule has 6 nitrogen and oxygen atoms in total. The van der Waals surface area contributed by atoms with Gasteiger partial charge in [-0.05, 0) is 49.4 Å². The van der Waals surface area contributed by atoms with Crippen LogP contribution in [0.25, 0.3) is 0 Å². The van der Waals surface area contributed by atoms with Gasteiger partial charge in [-0.3, -0.25) is 9.69 Å². The molecule has 3 aliphatic rings. The van der Waals surface area contributed by atoms with Crippen molar-refractivity contribution in [2.75, 3.05) is 37.6 Å². The molecule has 0 spiro atoms. The Balaban J connectivity index is 1.23. The Morgan fingerprint density at radius 2 is 1.79 bits per heavy atom. The second-order valence-corrected chi connectivity index (χ2v) is 8.25. The number of fused-ring (bicyclic) bond motifs is 1. The van der Waals surface area contributed by atoms with Gasteiger partial charge in [0, 0.05) is 38.8 Å². The van der Waals surface area contributed by atoms with Gasteiger partial charge in [0.1, 0.15) is 0 Å². The van der Waals surface area contributed by atoms with Crippen molar-refractivity contribution in [2.24, 2.45) is 5.92 Å². The third kappa shape index (κ3) is 3.37. The Kier molecular flexibility index (Phi) is 4.72. The van der Waals surface area contributed by atoms with E-state index in [1.165, 1.54) is 24.8 Å². The number of aromatic nitrogens is 2. The van der Waals surface area contributed by atoms with Crippen molar-refractivity contribution < 1.29 is 4.79 Å². The van der Waals surface area contributed by atoms with Gasteiger partial charge in [0.15, 0.2) is 11.5 Å². The number of rotatable bonds is 4. The van der Waals surface area contributed by atoms with Crippen LogP contribution in [0, 0.1) is 5.92 Å². The molecular weight excluding hydrogens is 350 g/mol. The average molecular weight is 377 g/mol. The Morgan fingerprint density at radius 3 is 2.54 bits per heavy atom. The minimum absolute atomic E-state index is 0.0227. The molecule has 146 valence electrons. The summed E-state index contributed by atoms with van der Waals surface area (Å²) in [6.45, 7) is 5.80. The van der Waals surface area contributed by atoms with Crippen LogP contribution in [0.15, 0.2) is 42.5 Å². The highest BCUT2D eigenvalue weighted by Gasteiger charge is 2.43. The molecule has 5 rings (SSSR count). The molecule has 2 atom stereocenters. The van der Waals surface area contributed by atoms with E-state index in [1.54, 1.807) is 0 Å². The van der Waals surface area contributed by atoms with E-state index in [-0.39, 0.29) is 5.91 Å². The van der Waals surface area contributed by atoms with Crippen LogP contribution in [0.2, 0.25) is 0 Å². The number of hydrogen-bond donors (Lipinski definition) is 0. The summed E-state index contributed by atoms with van der Waals surface area (Å²) in [7, 11) is 0. The van der Waals surface area contributed by atoms with E-state index in [4.69, 9.17) is 0 Å². The number of carbonyl (C=O) groups is 1. The van der Waals surface area contributed by atoms with E-state index in [1.807, 2.05) is 17.0 Å². The van der Waals surface area contributed by atoms with Crippen LogP contribution < -0.4 is 4.90 Å². The first-order valence-corrected chi connectivity index (χ1v) is 10.4. The van der Waals surface area contributed by atoms with Crippen molar-refractivity contribution in [3.8, 4) is 0 Å². The molecule has 3 saturated heterocycles. The molecule has 2 aromatic rings. The Bertz CT molecular complexity index is 819. The van der Waals surface area contributed by atoms with Crippen molar-refractivity contribution in [3.63, 3.8) is 0 Å². The highest BCUT2D eigenvalue weighted by atomic mass is 16.2. The summed E-state index contributed by atoms with van der Waals surface area (Å²) >= 11 is 0. The maximum atomic E-state index is 13.0. The number of anilines is 1. The standard InChI is InChI=1S/C22H27N5O/c28-22(19-8-9-21(24-23-19)25-11-4-5-12-25)27-15-18-10-13-26(20(18)16-27)14-17-6-2-1-3-7-17/h1-3,6-9,18,20H,4-5,10-16H2/t18-,20+/m0/s1. The van der Waals surface area contributed by atoms with Crippen LogP contribution in [0.1, 0.15) is 35.3 Å². The predicted molar refractivity (Wildman–Crippen MR) is 108 cm³/mol. The molecule has 0 N–H and O–H groups in total. The lowest BCUT2D eigenvalue weighted by molar-refractivity contribution is 0.0763. The summed E-state index contributed by atoms with van der Waals surface area (Å²) in [6.07, 6.45) is 3.58. The molecule has 0 bridgehead atoms. The van der Waals surface area contributed by atoms with Gasteiger partial charge < -0.3 is 9.80 Å². The second kappa shape index (κ2) is 7.51. The zero-order valence-electron chi connectivity index (χ0n) is 16.2. The van der Waals surface area contributed by atoms with Crippen LogP contribution in [0.5, 0.6) is 0 Å². The van der Waals surface area contributed by atoms with Gasteiger partial charge in [0.25, 0.3) is 5.91 Å². The smallest absolute Gasteiger partial charge is 0.274 e. The maximum Gasteiger partial charge on any atom is 0.274 e. The molecular formula is C22H27N5O.